The average molecular weight is 310 g/mol. The van der Waals surface area contributed by atoms with E-state index in [4.69, 9.17) is 0 Å². The number of nitrogens with one attached hydrogen (secondary N) is 1. The number of hydrogen-bond acceptors (Lipinski definition) is 2. The molecule has 0 fully saturated rings. The van der Waals surface area contributed by atoms with Gasteiger partial charge < -0.3 is 10.2 Å². The summed E-state index contributed by atoms with van der Waals surface area (Å²) in [6, 6.07) is 12.1. The summed E-state index contributed by atoms with van der Waals surface area (Å²) in [6.45, 7) is 12.3. The number of carbonyl (C=O) groups is 1. The molecule has 2 aromatic carbocycles. The molecular weight excluding hydrogens is 284 g/mol. The van der Waals surface area contributed by atoms with Gasteiger partial charge in [-0.25, -0.2) is 0 Å². The molecule has 0 radical (unpaired) electrons. The number of benzene rings is 2. The van der Waals surface area contributed by atoms with E-state index in [9.17, 15) is 4.79 Å². The van der Waals surface area contributed by atoms with Crippen molar-refractivity contribution in [3.05, 3.63) is 58.7 Å². The van der Waals surface area contributed by atoms with E-state index in [2.05, 4.69) is 36.2 Å². The molecule has 0 aliphatic carbocycles. The summed E-state index contributed by atoms with van der Waals surface area (Å²) < 4.78 is 0. The number of carbonyl (C=O) groups excluding carboxylic acids is 1. The van der Waals surface area contributed by atoms with Crippen molar-refractivity contribution >= 4 is 17.3 Å². The minimum absolute atomic E-state index is 0.0458. The lowest BCUT2D eigenvalue weighted by molar-refractivity contribution is 0.102. The fourth-order valence-corrected chi connectivity index (χ4v) is 3.08. The fraction of sp³-hybridized carbons (Fsp3) is 0.350. The van der Waals surface area contributed by atoms with Crippen molar-refractivity contribution in [2.75, 3.05) is 23.3 Å². The van der Waals surface area contributed by atoms with E-state index in [1.807, 2.05) is 45.0 Å². The Bertz CT molecular complexity index is 662. The molecule has 0 aliphatic heterocycles. The van der Waals surface area contributed by atoms with E-state index in [1.165, 1.54) is 11.3 Å². The molecule has 0 aliphatic rings. The molecule has 0 saturated heterocycles. The quantitative estimate of drug-likeness (QED) is 0.867. The summed E-state index contributed by atoms with van der Waals surface area (Å²) in [7, 11) is 0. The van der Waals surface area contributed by atoms with Crippen molar-refractivity contribution in [2.24, 2.45) is 0 Å². The normalized spacial score (nSPS) is 10.5. The first-order valence-corrected chi connectivity index (χ1v) is 8.20. The van der Waals surface area contributed by atoms with Crippen LogP contribution >= 0.6 is 0 Å². The summed E-state index contributed by atoms with van der Waals surface area (Å²) in [5.41, 5.74) is 5.98. The van der Waals surface area contributed by atoms with Gasteiger partial charge in [0.25, 0.3) is 5.91 Å². The molecule has 1 N–H and O–H groups in total. The lowest BCUT2D eigenvalue weighted by atomic mass is 9.99. The van der Waals surface area contributed by atoms with Gasteiger partial charge in [-0.3, -0.25) is 4.79 Å². The molecule has 0 aromatic heterocycles. The first-order valence-electron chi connectivity index (χ1n) is 8.20. The van der Waals surface area contributed by atoms with Crippen molar-refractivity contribution in [2.45, 2.75) is 34.6 Å². The van der Waals surface area contributed by atoms with Crippen LogP contribution in [0.25, 0.3) is 0 Å². The second-order valence-corrected chi connectivity index (χ2v) is 5.95. The van der Waals surface area contributed by atoms with Gasteiger partial charge in [-0.1, -0.05) is 17.7 Å². The van der Waals surface area contributed by atoms with Gasteiger partial charge in [-0.05, 0) is 70.0 Å². The highest BCUT2D eigenvalue weighted by atomic mass is 16.1. The zero-order chi connectivity index (χ0) is 17.0. The Balaban J connectivity index is 2.18. The predicted molar refractivity (Wildman–Crippen MR) is 98.6 cm³/mol. The molecule has 122 valence electrons. The van der Waals surface area contributed by atoms with Gasteiger partial charge in [0.05, 0.1) is 0 Å². The van der Waals surface area contributed by atoms with E-state index in [-0.39, 0.29) is 5.91 Å². The van der Waals surface area contributed by atoms with Crippen LogP contribution in [-0.4, -0.2) is 19.0 Å². The predicted octanol–water partition coefficient (Wildman–Crippen LogP) is 4.71. The van der Waals surface area contributed by atoms with Crippen LogP contribution in [0.1, 0.15) is 40.9 Å². The highest BCUT2D eigenvalue weighted by Gasteiger charge is 2.13. The third-order valence-corrected chi connectivity index (χ3v) is 4.16. The summed E-state index contributed by atoms with van der Waals surface area (Å²) in [4.78, 5) is 14.9. The largest absolute Gasteiger partial charge is 0.372 e. The maximum absolute atomic E-state index is 12.6. The number of hydrogen-bond donors (Lipinski definition) is 1. The van der Waals surface area contributed by atoms with E-state index in [1.54, 1.807) is 0 Å². The standard InChI is InChI=1S/C20H26N2O/c1-6-22(7-2)18-10-8-17(9-11-18)21-20(23)19-15(4)12-14(3)13-16(19)5/h8-13H,6-7H2,1-5H3,(H,21,23). The lowest BCUT2D eigenvalue weighted by Gasteiger charge is -2.21. The van der Waals surface area contributed by atoms with Crippen LogP contribution in [0.5, 0.6) is 0 Å². The highest BCUT2D eigenvalue weighted by Crippen LogP contribution is 2.21. The average Bonchev–Trinajstić information content (AvgIpc) is 2.49. The Morgan fingerprint density at radius 1 is 0.957 bits per heavy atom. The Kier molecular flexibility index (Phi) is 5.43. The molecule has 0 unspecified atom stereocenters. The molecule has 3 nitrogen and oxygen atoms in total. The molecule has 0 saturated carbocycles. The third-order valence-electron chi connectivity index (χ3n) is 4.16. The monoisotopic (exact) mass is 310 g/mol. The molecule has 23 heavy (non-hydrogen) atoms. The number of aryl methyl sites for hydroxylation is 3. The number of rotatable bonds is 5. The molecule has 0 heterocycles. The number of anilines is 2. The Labute approximate surface area is 139 Å². The van der Waals surface area contributed by atoms with Crippen LogP contribution in [0.15, 0.2) is 36.4 Å². The van der Waals surface area contributed by atoms with Crippen molar-refractivity contribution in [1.29, 1.82) is 0 Å². The zero-order valence-corrected chi connectivity index (χ0v) is 14.7. The maximum Gasteiger partial charge on any atom is 0.256 e. The molecule has 0 spiro atoms. The number of nitrogens with zero attached hydrogens (tertiary/aromatic N) is 1. The number of amides is 1. The van der Waals surface area contributed by atoms with E-state index in [0.29, 0.717) is 0 Å². The van der Waals surface area contributed by atoms with Crippen LogP contribution in [0.3, 0.4) is 0 Å². The van der Waals surface area contributed by atoms with Crippen LogP contribution in [0, 0.1) is 20.8 Å². The fourth-order valence-electron chi connectivity index (χ4n) is 3.08. The van der Waals surface area contributed by atoms with Crippen LogP contribution in [0.4, 0.5) is 11.4 Å². The molecular formula is C20H26N2O. The van der Waals surface area contributed by atoms with Gasteiger partial charge in [0.2, 0.25) is 0 Å². The van der Waals surface area contributed by atoms with Crippen LogP contribution in [-0.2, 0) is 0 Å². The molecule has 3 heteroatoms. The summed E-state index contributed by atoms with van der Waals surface area (Å²) in [5, 5.41) is 3.00. The van der Waals surface area contributed by atoms with E-state index >= 15 is 0 Å². The zero-order valence-electron chi connectivity index (χ0n) is 14.7. The second kappa shape index (κ2) is 7.32. The summed E-state index contributed by atoms with van der Waals surface area (Å²) in [5.74, 6) is -0.0458. The van der Waals surface area contributed by atoms with E-state index < -0.39 is 0 Å². The molecule has 1 amide bonds. The van der Waals surface area contributed by atoms with Crippen LogP contribution in [0.2, 0.25) is 0 Å². The van der Waals surface area contributed by atoms with Gasteiger partial charge in [0.1, 0.15) is 0 Å². The SMILES string of the molecule is CCN(CC)c1ccc(NC(=O)c2c(C)cc(C)cc2C)cc1. The van der Waals surface area contributed by atoms with Gasteiger partial charge >= 0.3 is 0 Å². The molecule has 2 rings (SSSR count). The Morgan fingerprint density at radius 3 is 1.96 bits per heavy atom. The Hall–Kier alpha value is -2.29. The molecule has 0 atom stereocenters. The third kappa shape index (κ3) is 3.92. The maximum atomic E-state index is 12.6. The van der Waals surface area contributed by atoms with Gasteiger partial charge in [-0.15, -0.1) is 0 Å². The lowest BCUT2D eigenvalue weighted by Crippen LogP contribution is -2.21. The van der Waals surface area contributed by atoms with Gasteiger partial charge in [0.15, 0.2) is 0 Å². The van der Waals surface area contributed by atoms with Crippen molar-refractivity contribution < 1.29 is 4.79 Å². The van der Waals surface area contributed by atoms with Crippen molar-refractivity contribution in [3.63, 3.8) is 0 Å². The second-order valence-electron chi connectivity index (χ2n) is 5.95. The summed E-state index contributed by atoms with van der Waals surface area (Å²) >= 11 is 0. The van der Waals surface area contributed by atoms with Crippen molar-refractivity contribution in [1.82, 2.24) is 0 Å². The van der Waals surface area contributed by atoms with Crippen LogP contribution < -0.4 is 10.2 Å². The van der Waals surface area contributed by atoms with Gasteiger partial charge in [-0.2, -0.15) is 0 Å². The Morgan fingerprint density at radius 2 is 1.48 bits per heavy atom. The molecule has 2 aromatic rings. The van der Waals surface area contributed by atoms with Crippen molar-refractivity contribution in [3.8, 4) is 0 Å². The summed E-state index contributed by atoms with van der Waals surface area (Å²) in [6.07, 6.45) is 0. The highest BCUT2D eigenvalue weighted by molar-refractivity contribution is 6.06. The smallest absolute Gasteiger partial charge is 0.256 e. The van der Waals surface area contributed by atoms with E-state index in [0.717, 1.165) is 35.5 Å². The first kappa shape index (κ1) is 17.1. The van der Waals surface area contributed by atoms with Gasteiger partial charge in [0, 0.05) is 30.0 Å². The topological polar surface area (TPSA) is 32.3 Å². The first-order chi connectivity index (χ1) is 11.0. The minimum atomic E-state index is -0.0458. The molecule has 0 bridgehead atoms. The minimum Gasteiger partial charge on any atom is -0.372 e.